The van der Waals surface area contributed by atoms with Gasteiger partial charge in [-0.2, -0.15) is 5.10 Å². The lowest BCUT2D eigenvalue weighted by molar-refractivity contribution is 0.0742. The van der Waals surface area contributed by atoms with Crippen LogP contribution < -0.4 is 5.32 Å². The summed E-state index contributed by atoms with van der Waals surface area (Å²) in [5.74, 6) is -0.0735. The van der Waals surface area contributed by atoms with Crippen molar-refractivity contribution in [2.75, 3.05) is 13.6 Å². The first-order valence-corrected chi connectivity index (χ1v) is 9.24. The number of nitrogens with one attached hydrogen (secondary N) is 1. The molecule has 0 aliphatic carbocycles. The van der Waals surface area contributed by atoms with Crippen LogP contribution in [0.2, 0.25) is 0 Å². The van der Waals surface area contributed by atoms with Crippen LogP contribution in [0.3, 0.4) is 0 Å². The molecule has 0 saturated heterocycles. The SMILES string of the molecule is CN1CCn2nc(C(=O)NCc3nc4cc(C(C)(C)C)ccc4o3)cc2C1=O. The highest BCUT2D eigenvalue weighted by molar-refractivity contribution is 5.98. The lowest BCUT2D eigenvalue weighted by Gasteiger charge is -2.22. The number of carbonyl (C=O) groups is 2. The van der Waals surface area contributed by atoms with E-state index >= 15 is 0 Å². The van der Waals surface area contributed by atoms with E-state index in [4.69, 9.17) is 4.42 Å². The van der Waals surface area contributed by atoms with Crippen LogP contribution in [-0.4, -0.2) is 45.1 Å². The predicted octanol–water partition coefficient (Wildman–Crippen LogP) is 2.34. The Morgan fingerprint density at radius 1 is 1.25 bits per heavy atom. The molecule has 0 fully saturated rings. The van der Waals surface area contributed by atoms with Gasteiger partial charge < -0.3 is 14.6 Å². The summed E-state index contributed by atoms with van der Waals surface area (Å²) in [5.41, 5.74) is 3.28. The monoisotopic (exact) mass is 381 g/mol. The van der Waals surface area contributed by atoms with Crippen LogP contribution in [0.5, 0.6) is 0 Å². The zero-order chi connectivity index (χ0) is 20.1. The van der Waals surface area contributed by atoms with E-state index in [9.17, 15) is 9.59 Å². The van der Waals surface area contributed by atoms with Crippen LogP contribution >= 0.6 is 0 Å². The molecule has 0 bridgehead atoms. The Balaban J connectivity index is 1.48. The highest BCUT2D eigenvalue weighted by atomic mass is 16.3. The van der Waals surface area contributed by atoms with Gasteiger partial charge in [-0.25, -0.2) is 4.98 Å². The van der Waals surface area contributed by atoms with Crippen molar-refractivity contribution in [3.05, 3.63) is 47.1 Å². The standard InChI is InChI=1S/C20H23N5O3/c1-20(2,3)12-5-6-16-13(9-12)22-17(28-16)11-21-18(26)14-10-15-19(27)24(4)7-8-25(15)23-14/h5-6,9-10H,7-8,11H2,1-4H3,(H,21,26). The molecule has 28 heavy (non-hydrogen) atoms. The van der Waals surface area contributed by atoms with Gasteiger partial charge in [0, 0.05) is 19.7 Å². The van der Waals surface area contributed by atoms with Gasteiger partial charge in [0.15, 0.2) is 11.3 Å². The summed E-state index contributed by atoms with van der Waals surface area (Å²) in [6.45, 7) is 7.72. The van der Waals surface area contributed by atoms with Crippen LogP contribution in [-0.2, 0) is 18.5 Å². The maximum absolute atomic E-state index is 12.4. The average Bonchev–Trinajstić information content (AvgIpc) is 3.25. The second-order valence-electron chi connectivity index (χ2n) is 8.09. The van der Waals surface area contributed by atoms with E-state index in [0.29, 0.717) is 30.3 Å². The predicted molar refractivity (Wildman–Crippen MR) is 103 cm³/mol. The van der Waals surface area contributed by atoms with Crippen molar-refractivity contribution >= 4 is 22.9 Å². The van der Waals surface area contributed by atoms with Crippen molar-refractivity contribution in [3.8, 4) is 0 Å². The Labute approximate surface area is 162 Å². The number of amides is 2. The maximum Gasteiger partial charge on any atom is 0.272 e. The number of rotatable bonds is 3. The molecule has 0 saturated carbocycles. The lowest BCUT2D eigenvalue weighted by atomic mass is 9.87. The molecule has 2 amide bonds. The fourth-order valence-electron chi connectivity index (χ4n) is 3.18. The summed E-state index contributed by atoms with van der Waals surface area (Å²) in [7, 11) is 1.73. The molecule has 1 aliphatic heterocycles. The number of hydrogen-bond donors (Lipinski definition) is 1. The summed E-state index contributed by atoms with van der Waals surface area (Å²) in [4.78, 5) is 30.7. The molecule has 146 valence electrons. The number of fused-ring (bicyclic) bond motifs is 2. The first-order valence-electron chi connectivity index (χ1n) is 9.24. The van der Waals surface area contributed by atoms with Gasteiger partial charge in [-0.05, 0) is 23.1 Å². The van der Waals surface area contributed by atoms with Gasteiger partial charge in [-0.15, -0.1) is 0 Å². The van der Waals surface area contributed by atoms with Gasteiger partial charge in [-0.1, -0.05) is 26.8 Å². The van der Waals surface area contributed by atoms with Gasteiger partial charge in [0.1, 0.15) is 11.2 Å². The molecule has 2 aromatic heterocycles. The molecular weight excluding hydrogens is 358 g/mol. The van der Waals surface area contributed by atoms with E-state index in [2.05, 4.69) is 36.2 Å². The number of likely N-dealkylation sites (N-methyl/N-ethyl adjacent to an activating group) is 1. The van der Waals surface area contributed by atoms with E-state index in [1.54, 1.807) is 16.6 Å². The number of hydrogen-bond acceptors (Lipinski definition) is 5. The summed E-state index contributed by atoms with van der Waals surface area (Å²) >= 11 is 0. The van der Waals surface area contributed by atoms with Crippen molar-refractivity contribution in [1.29, 1.82) is 0 Å². The fraction of sp³-hybridized carbons (Fsp3) is 0.400. The van der Waals surface area contributed by atoms with E-state index in [-0.39, 0.29) is 29.5 Å². The molecular formula is C20H23N5O3. The number of oxazole rings is 1. The summed E-state index contributed by atoms with van der Waals surface area (Å²) < 4.78 is 7.30. The third-order valence-electron chi connectivity index (χ3n) is 4.92. The number of aromatic nitrogens is 3. The van der Waals surface area contributed by atoms with Crippen LogP contribution in [0.4, 0.5) is 0 Å². The highest BCUT2D eigenvalue weighted by Crippen LogP contribution is 2.26. The third-order valence-corrected chi connectivity index (χ3v) is 4.92. The molecule has 0 atom stereocenters. The molecule has 0 unspecified atom stereocenters. The first kappa shape index (κ1) is 18.2. The summed E-state index contributed by atoms with van der Waals surface area (Å²) in [6.07, 6.45) is 0. The van der Waals surface area contributed by atoms with Crippen molar-refractivity contribution in [2.45, 2.75) is 39.3 Å². The minimum Gasteiger partial charge on any atom is -0.439 e. The smallest absolute Gasteiger partial charge is 0.272 e. The minimum absolute atomic E-state index is 0.0211. The summed E-state index contributed by atoms with van der Waals surface area (Å²) in [5, 5.41) is 7.00. The Kier molecular flexibility index (Phi) is 4.21. The molecule has 4 rings (SSSR count). The summed E-state index contributed by atoms with van der Waals surface area (Å²) in [6, 6.07) is 7.46. The van der Waals surface area contributed by atoms with Crippen molar-refractivity contribution in [3.63, 3.8) is 0 Å². The number of carbonyl (C=O) groups excluding carboxylic acids is 2. The minimum atomic E-state index is -0.366. The van der Waals surface area contributed by atoms with E-state index in [1.807, 2.05) is 18.2 Å². The topological polar surface area (TPSA) is 93.3 Å². The maximum atomic E-state index is 12.4. The molecule has 3 aromatic rings. The number of benzene rings is 1. The Hall–Kier alpha value is -3.16. The Morgan fingerprint density at radius 3 is 2.79 bits per heavy atom. The molecule has 0 radical (unpaired) electrons. The Morgan fingerprint density at radius 2 is 2.04 bits per heavy atom. The van der Waals surface area contributed by atoms with Gasteiger partial charge in [0.05, 0.1) is 13.1 Å². The second kappa shape index (κ2) is 6.47. The van der Waals surface area contributed by atoms with E-state index < -0.39 is 0 Å². The third kappa shape index (κ3) is 3.26. The normalized spacial score (nSPS) is 14.4. The lowest BCUT2D eigenvalue weighted by Crippen LogP contribution is -2.37. The highest BCUT2D eigenvalue weighted by Gasteiger charge is 2.25. The van der Waals surface area contributed by atoms with Crippen molar-refractivity contribution in [2.24, 2.45) is 0 Å². The number of nitrogens with zero attached hydrogens (tertiary/aromatic N) is 4. The van der Waals surface area contributed by atoms with Crippen LogP contribution in [0.1, 0.15) is 53.2 Å². The second-order valence-corrected chi connectivity index (χ2v) is 8.09. The van der Waals surface area contributed by atoms with Crippen LogP contribution in [0.25, 0.3) is 11.1 Å². The largest absolute Gasteiger partial charge is 0.439 e. The van der Waals surface area contributed by atoms with E-state index in [1.165, 1.54) is 11.6 Å². The zero-order valence-corrected chi connectivity index (χ0v) is 16.4. The molecule has 1 aliphatic rings. The Bertz CT molecular complexity index is 1070. The molecule has 3 heterocycles. The van der Waals surface area contributed by atoms with Gasteiger partial charge >= 0.3 is 0 Å². The molecule has 0 spiro atoms. The molecule has 1 N–H and O–H groups in total. The average molecular weight is 381 g/mol. The fourth-order valence-corrected chi connectivity index (χ4v) is 3.18. The first-order chi connectivity index (χ1) is 13.2. The van der Waals surface area contributed by atoms with Gasteiger partial charge in [0.2, 0.25) is 5.89 Å². The van der Waals surface area contributed by atoms with Gasteiger partial charge in [-0.3, -0.25) is 14.3 Å². The van der Waals surface area contributed by atoms with Crippen LogP contribution in [0.15, 0.2) is 28.7 Å². The van der Waals surface area contributed by atoms with Gasteiger partial charge in [0.25, 0.3) is 11.8 Å². The molecule has 8 nitrogen and oxygen atoms in total. The quantitative estimate of drug-likeness (QED) is 0.752. The van der Waals surface area contributed by atoms with Crippen LogP contribution in [0, 0.1) is 0 Å². The van der Waals surface area contributed by atoms with Crippen molar-refractivity contribution in [1.82, 2.24) is 25.0 Å². The molecule has 8 heteroatoms. The van der Waals surface area contributed by atoms with Crippen molar-refractivity contribution < 1.29 is 14.0 Å². The molecule has 1 aromatic carbocycles. The van der Waals surface area contributed by atoms with E-state index in [0.717, 1.165) is 5.52 Å². The zero-order valence-electron chi connectivity index (χ0n) is 16.4.